The molecule has 5 heteroatoms. The van der Waals surface area contributed by atoms with Crippen LogP contribution in [0.2, 0.25) is 0 Å². The lowest BCUT2D eigenvalue weighted by Crippen LogP contribution is -1.96. The highest BCUT2D eigenvalue weighted by molar-refractivity contribution is 8.38. The molecule has 0 saturated heterocycles. The molecule has 0 fully saturated rings. The standard InChI is InChI=1S/C19H16N2S3/c1-2-6-14(7-3-1)10-18-20-16(12-22-18)13-24-19-21-17-9-5-4-8-15(17)11-23-19/h1-9,12H,10-11,13H2. The predicted octanol–water partition coefficient (Wildman–Crippen LogP) is 5.90. The smallest absolute Gasteiger partial charge is 0.131 e. The number of benzene rings is 2. The van der Waals surface area contributed by atoms with Crippen molar-refractivity contribution in [2.45, 2.75) is 17.9 Å². The van der Waals surface area contributed by atoms with Crippen molar-refractivity contribution in [3.63, 3.8) is 0 Å². The fraction of sp³-hybridized carbons (Fsp3) is 0.158. The maximum atomic E-state index is 4.77. The average Bonchev–Trinajstić information content (AvgIpc) is 3.08. The van der Waals surface area contributed by atoms with Crippen LogP contribution in [0.3, 0.4) is 0 Å². The fourth-order valence-electron chi connectivity index (χ4n) is 2.49. The molecule has 120 valence electrons. The summed E-state index contributed by atoms with van der Waals surface area (Å²) in [4.78, 5) is 9.52. The number of rotatable bonds is 4. The van der Waals surface area contributed by atoms with Gasteiger partial charge in [-0.25, -0.2) is 9.98 Å². The van der Waals surface area contributed by atoms with Crippen molar-refractivity contribution in [3.8, 4) is 0 Å². The monoisotopic (exact) mass is 368 g/mol. The summed E-state index contributed by atoms with van der Waals surface area (Å²) in [6.45, 7) is 0. The SMILES string of the molecule is c1ccc(Cc2nc(CSC3=Nc4ccccc4CS3)cs2)cc1. The summed E-state index contributed by atoms with van der Waals surface area (Å²) in [5, 5.41) is 3.35. The number of thioether (sulfide) groups is 2. The van der Waals surface area contributed by atoms with E-state index in [1.807, 2.05) is 17.8 Å². The molecule has 0 atom stereocenters. The highest BCUT2D eigenvalue weighted by Crippen LogP contribution is 2.35. The van der Waals surface area contributed by atoms with Crippen molar-refractivity contribution in [1.82, 2.24) is 4.98 Å². The van der Waals surface area contributed by atoms with E-state index in [4.69, 9.17) is 9.98 Å². The van der Waals surface area contributed by atoms with Crippen molar-refractivity contribution >= 4 is 44.9 Å². The van der Waals surface area contributed by atoms with Crippen LogP contribution in [0, 0.1) is 0 Å². The Morgan fingerprint density at radius 1 is 1.00 bits per heavy atom. The Morgan fingerprint density at radius 2 is 1.83 bits per heavy atom. The van der Waals surface area contributed by atoms with Crippen molar-refractivity contribution < 1.29 is 0 Å². The fourth-order valence-corrected chi connectivity index (χ4v) is 5.38. The maximum Gasteiger partial charge on any atom is 0.131 e. The van der Waals surface area contributed by atoms with Gasteiger partial charge >= 0.3 is 0 Å². The second-order valence-electron chi connectivity index (χ2n) is 5.48. The van der Waals surface area contributed by atoms with E-state index in [2.05, 4.69) is 53.9 Å². The van der Waals surface area contributed by atoms with Gasteiger partial charge in [-0.05, 0) is 17.2 Å². The summed E-state index contributed by atoms with van der Waals surface area (Å²) < 4.78 is 1.14. The molecule has 1 aliphatic rings. The topological polar surface area (TPSA) is 25.2 Å². The Morgan fingerprint density at radius 3 is 2.75 bits per heavy atom. The van der Waals surface area contributed by atoms with Crippen molar-refractivity contribution in [1.29, 1.82) is 0 Å². The van der Waals surface area contributed by atoms with Crippen molar-refractivity contribution in [2.24, 2.45) is 4.99 Å². The summed E-state index contributed by atoms with van der Waals surface area (Å²) in [5.74, 6) is 1.90. The molecule has 1 aliphatic heterocycles. The van der Waals surface area contributed by atoms with Crippen LogP contribution in [-0.4, -0.2) is 9.36 Å². The van der Waals surface area contributed by atoms with E-state index in [0.717, 1.165) is 33.7 Å². The number of hydrogen-bond donors (Lipinski definition) is 0. The highest BCUT2D eigenvalue weighted by atomic mass is 32.2. The zero-order chi connectivity index (χ0) is 16.2. The van der Waals surface area contributed by atoms with Crippen LogP contribution in [0.4, 0.5) is 5.69 Å². The van der Waals surface area contributed by atoms with Gasteiger partial charge in [0.15, 0.2) is 0 Å². The van der Waals surface area contributed by atoms with Gasteiger partial charge in [0.1, 0.15) is 4.38 Å². The van der Waals surface area contributed by atoms with Gasteiger partial charge in [0.05, 0.1) is 16.4 Å². The lowest BCUT2D eigenvalue weighted by molar-refractivity contribution is 1.09. The predicted molar refractivity (Wildman–Crippen MR) is 107 cm³/mol. The van der Waals surface area contributed by atoms with E-state index in [9.17, 15) is 0 Å². The van der Waals surface area contributed by atoms with Crippen LogP contribution in [0.1, 0.15) is 21.8 Å². The number of para-hydroxylation sites is 1. The molecule has 0 spiro atoms. The molecule has 0 saturated carbocycles. The summed E-state index contributed by atoms with van der Waals surface area (Å²) in [6.07, 6.45) is 0.916. The van der Waals surface area contributed by atoms with Gasteiger partial charge in [-0.3, -0.25) is 0 Å². The molecule has 2 aromatic carbocycles. The molecule has 2 heterocycles. The number of aliphatic imine (C=N–C) groups is 1. The van der Waals surface area contributed by atoms with Crippen LogP contribution < -0.4 is 0 Å². The second kappa shape index (κ2) is 7.55. The second-order valence-corrected chi connectivity index (χ2v) is 8.61. The van der Waals surface area contributed by atoms with E-state index in [0.29, 0.717) is 0 Å². The average molecular weight is 369 g/mol. The largest absolute Gasteiger partial charge is 0.245 e. The van der Waals surface area contributed by atoms with Gasteiger partial charge in [0.2, 0.25) is 0 Å². The molecule has 24 heavy (non-hydrogen) atoms. The lowest BCUT2D eigenvalue weighted by atomic mass is 10.2. The first-order valence-corrected chi connectivity index (χ1v) is 10.6. The minimum Gasteiger partial charge on any atom is -0.245 e. The van der Waals surface area contributed by atoms with E-state index in [-0.39, 0.29) is 0 Å². The van der Waals surface area contributed by atoms with Gasteiger partial charge in [0, 0.05) is 23.3 Å². The quantitative estimate of drug-likeness (QED) is 0.573. The van der Waals surface area contributed by atoms with Crippen LogP contribution in [-0.2, 0) is 17.9 Å². The molecule has 1 aromatic heterocycles. The Labute approximate surface area is 154 Å². The van der Waals surface area contributed by atoms with Crippen LogP contribution in [0.25, 0.3) is 0 Å². The number of nitrogens with zero attached hydrogens (tertiary/aromatic N) is 2. The Hall–Kier alpha value is -1.56. The molecule has 0 aliphatic carbocycles. The van der Waals surface area contributed by atoms with Gasteiger partial charge < -0.3 is 0 Å². The highest BCUT2D eigenvalue weighted by Gasteiger charge is 2.13. The zero-order valence-electron chi connectivity index (χ0n) is 13.0. The zero-order valence-corrected chi connectivity index (χ0v) is 15.5. The van der Waals surface area contributed by atoms with E-state index >= 15 is 0 Å². The minimum absolute atomic E-state index is 0.888. The summed E-state index contributed by atoms with van der Waals surface area (Å²) >= 11 is 5.36. The summed E-state index contributed by atoms with van der Waals surface area (Å²) in [5.41, 5.74) is 4.90. The van der Waals surface area contributed by atoms with Crippen LogP contribution in [0.5, 0.6) is 0 Å². The number of hydrogen-bond acceptors (Lipinski definition) is 5. The maximum absolute atomic E-state index is 4.77. The molecular formula is C19H16N2S3. The molecule has 0 bridgehead atoms. The van der Waals surface area contributed by atoms with E-state index < -0.39 is 0 Å². The first-order chi connectivity index (χ1) is 11.9. The third-order valence-electron chi connectivity index (χ3n) is 3.70. The first kappa shape index (κ1) is 15.9. The van der Waals surface area contributed by atoms with Crippen LogP contribution >= 0.6 is 34.9 Å². The third-order valence-corrected chi connectivity index (χ3v) is 6.87. The van der Waals surface area contributed by atoms with Crippen LogP contribution in [0.15, 0.2) is 65.0 Å². The Bertz CT molecular complexity index is 856. The molecule has 0 unspecified atom stereocenters. The molecule has 3 aromatic rings. The first-order valence-electron chi connectivity index (χ1n) is 7.76. The molecule has 0 radical (unpaired) electrons. The summed E-state index contributed by atoms with van der Waals surface area (Å²) in [7, 11) is 0. The number of fused-ring (bicyclic) bond motifs is 1. The molecular weight excluding hydrogens is 352 g/mol. The van der Waals surface area contributed by atoms with E-state index in [1.54, 1.807) is 23.1 Å². The normalized spacial score (nSPS) is 13.4. The van der Waals surface area contributed by atoms with Gasteiger partial charge in [-0.2, -0.15) is 0 Å². The Kier molecular flexibility index (Phi) is 5.02. The lowest BCUT2D eigenvalue weighted by Gasteiger charge is -2.13. The van der Waals surface area contributed by atoms with Crippen molar-refractivity contribution in [3.05, 3.63) is 81.8 Å². The van der Waals surface area contributed by atoms with Gasteiger partial charge in [0.25, 0.3) is 0 Å². The van der Waals surface area contributed by atoms with Crippen molar-refractivity contribution in [2.75, 3.05) is 0 Å². The summed E-state index contributed by atoms with van der Waals surface area (Å²) in [6, 6.07) is 18.9. The minimum atomic E-state index is 0.888. The third kappa shape index (κ3) is 3.91. The van der Waals surface area contributed by atoms with Gasteiger partial charge in [-0.15, -0.1) is 11.3 Å². The Balaban J connectivity index is 1.38. The molecule has 4 rings (SSSR count). The molecule has 2 nitrogen and oxygen atoms in total. The van der Waals surface area contributed by atoms with Gasteiger partial charge in [-0.1, -0.05) is 72.1 Å². The number of thiazole rings is 1. The number of aromatic nitrogens is 1. The molecule has 0 N–H and O–H groups in total. The van der Waals surface area contributed by atoms with E-state index in [1.165, 1.54) is 16.1 Å². The molecule has 0 amide bonds.